The quantitative estimate of drug-likeness (QED) is 0.846. The molecule has 0 amide bonds. The van der Waals surface area contributed by atoms with E-state index in [1.54, 1.807) is 12.1 Å². The van der Waals surface area contributed by atoms with Gasteiger partial charge in [0.2, 0.25) is 0 Å². The maximum Gasteiger partial charge on any atom is 0.127 e. The first-order valence-corrected chi connectivity index (χ1v) is 7.03. The molecule has 0 radical (unpaired) electrons. The Morgan fingerprint density at radius 1 is 1.32 bits per heavy atom. The number of benzene rings is 2. The Kier molecular flexibility index (Phi) is 4.61. The van der Waals surface area contributed by atoms with Crippen molar-refractivity contribution in [3.63, 3.8) is 0 Å². The molecule has 1 N–H and O–H groups in total. The predicted molar refractivity (Wildman–Crippen MR) is 79.0 cm³/mol. The summed E-state index contributed by atoms with van der Waals surface area (Å²) in [5.41, 5.74) is 2.24. The van der Waals surface area contributed by atoms with Crippen molar-refractivity contribution in [1.82, 2.24) is 0 Å². The van der Waals surface area contributed by atoms with Gasteiger partial charge in [-0.15, -0.1) is 0 Å². The fourth-order valence-corrected chi connectivity index (χ4v) is 2.62. The van der Waals surface area contributed by atoms with E-state index in [4.69, 9.17) is 11.6 Å². The molecule has 0 aromatic heterocycles. The molecule has 2 aromatic carbocycles. The minimum atomic E-state index is -0.759. The van der Waals surface area contributed by atoms with Gasteiger partial charge in [0.15, 0.2) is 0 Å². The first-order chi connectivity index (χ1) is 8.99. The van der Waals surface area contributed by atoms with Gasteiger partial charge in [0.05, 0.1) is 6.10 Å². The summed E-state index contributed by atoms with van der Waals surface area (Å²) in [6.45, 7) is 1.95. The Bertz CT molecular complexity index is 601. The van der Waals surface area contributed by atoms with E-state index in [0.29, 0.717) is 10.6 Å². The maximum absolute atomic E-state index is 13.7. The van der Waals surface area contributed by atoms with Crippen molar-refractivity contribution in [3.05, 3.63) is 68.4 Å². The van der Waals surface area contributed by atoms with Crippen molar-refractivity contribution in [1.29, 1.82) is 0 Å². The smallest absolute Gasteiger partial charge is 0.127 e. The Morgan fingerprint density at radius 3 is 2.74 bits per heavy atom. The number of hydrogen-bond acceptors (Lipinski definition) is 1. The zero-order valence-electron chi connectivity index (χ0n) is 10.3. The molecule has 0 bridgehead atoms. The van der Waals surface area contributed by atoms with E-state index in [0.717, 1.165) is 15.6 Å². The van der Waals surface area contributed by atoms with Crippen molar-refractivity contribution in [2.75, 3.05) is 0 Å². The van der Waals surface area contributed by atoms with Crippen LogP contribution in [0, 0.1) is 12.7 Å². The molecule has 2 rings (SSSR count). The number of aliphatic hydroxyl groups is 1. The van der Waals surface area contributed by atoms with Crippen molar-refractivity contribution in [2.45, 2.75) is 19.4 Å². The lowest BCUT2D eigenvalue weighted by Crippen LogP contribution is -2.05. The molecule has 1 atom stereocenters. The van der Waals surface area contributed by atoms with Gasteiger partial charge < -0.3 is 5.11 Å². The summed E-state index contributed by atoms with van der Waals surface area (Å²) in [6, 6.07) is 10.1. The highest BCUT2D eigenvalue weighted by Crippen LogP contribution is 2.29. The van der Waals surface area contributed by atoms with Crippen LogP contribution in [0.25, 0.3) is 0 Å². The van der Waals surface area contributed by atoms with E-state index in [-0.39, 0.29) is 6.42 Å². The van der Waals surface area contributed by atoms with Crippen molar-refractivity contribution in [2.24, 2.45) is 0 Å². The number of halogens is 3. The molecule has 0 aliphatic heterocycles. The monoisotopic (exact) mass is 342 g/mol. The van der Waals surface area contributed by atoms with Crippen LogP contribution in [0.3, 0.4) is 0 Å². The predicted octanol–water partition coefficient (Wildman–Crippen LogP) is 4.83. The Morgan fingerprint density at radius 2 is 2.05 bits per heavy atom. The fourth-order valence-electron chi connectivity index (χ4n) is 1.93. The van der Waals surface area contributed by atoms with Gasteiger partial charge in [-0.25, -0.2) is 4.39 Å². The minimum Gasteiger partial charge on any atom is -0.388 e. The topological polar surface area (TPSA) is 20.2 Å². The molecular formula is C15H13BrClFO. The van der Waals surface area contributed by atoms with Crippen LogP contribution in [0.4, 0.5) is 4.39 Å². The average Bonchev–Trinajstić information content (AvgIpc) is 2.36. The molecule has 0 heterocycles. The molecule has 0 aliphatic rings. The molecule has 0 spiro atoms. The number of rotatable bonds is 3. The molecule has 0 saturated carbocycles. The van der Waals surface area contributed by atoms with Crippen LogP contribution in [-0.2, 0) is 6.42 Å². The Labute approximate surface area is 125 Å². The van der Waals surface area contributed by atoms with E-state index in [9.17, 15) is 9.50 Å². The molecule has 19 heavy (non-hydrogen) atoms. The molecule has 0 fully saturated rings. The molecule has 100 valence electrons. The van der Waals surface area contributed by atoms with Crippen LogP contribution >= 0.6 is 27.5 Å². The number of aryl methyl sites for hydroxylation is 1. The van der Waals surface area contributed by atoms with Crippen LogP contribution < -0.4 is 0 Å². The summed E-state index contributed by atoms with van der Waals surface area (Å²) in [6.07, 6.45) is -0.546. The molecular weight excluding hydrogens is 331 g/mol. The van der Waals surface area contributed by atoms with Crippen molar-refractivity contribution >= 4 is 27.5 Å². The average molecular weight is 344 g/mol. The van der Waals surface area contributed by atoms with E-state index < -0.39 is 11.9 Å². The fraction of sp³-hybridized carbons (Fsp3) is 0.200. The summed E-state index contributed by atoms with van der Waals surface area (Å²) in [5.74, 6) is -0.393. The van der Waals surface area contributed by atoms with Gasteiger partial charge in [0.25, 0.3) is 0 Å². The van der Waals surface area contributed by atoms with Crippen LogP contribution in [-0.4, -0.2) is 5.11 Å². The summed E-state index contributed by atoms with van der Waals surface area (Å²) < 4.78 is 14.6. The lowest BCUT2D eigenvalue weighted by molar-refractivity contribution is 0.176. The van der Waals surface area contributed by atoms with Gasteiger partial charge in [-0.3, -0.25) is 0 Å². The summed E-state index contributed by atoms with van der Waals surface area (Å²) in [4.78, 5) is 0. The van der Waals surface area contributed by atoms with Gasteiger partial charge in [0.1, 0.15) is 5.82 Å². The first-order valence-electron chi connectivity index (χ1n) is 5.86. The first kappa shape index (κ1) is 14.5. The van der Waals surface area contributed by atoms with Crippen molar-refractivity contribution in [3.8, 4) is 0 Å². The highest BCUT2D eigenvalue weighted by atomic mass is 79.9. The maximum atomic E-state index is 13.7. The van der Waals surface area contributed by atoms with E-state index in [1.165, 1.54) is 6.07 Å². The standard InChI is InChI=1S/C15H13BrClFO/c1-9-3-2-4-12(15(9)16)14(19)7-10-5-6-11(17)8-13(10)18/h2-6,8,14,19H,7H2,1H3. The summed E-state index contributed by atoms with van der Waals surface area (Å²) >= 11 is 9.16. The highest BCUT2D eigenvalue weighted by molar-refractivity contribution is 9.10. The highest BCUT2D eigenvalue weighted by Gasteiger charge is 2.15. The second-order valence-corrected chi connectivity index (χ2v) is 5.66. The van der Waals surface area contributed by atoms with Gasteiger partial charge in [0, 0.05) is 15.9 Å². The second-order valence-electron chi connectivity index (χ2n) is 4.43. The third kappa shape index (κ3) is 3.35. The number of hydrogen-bond donors (Lipinski definition) is 1. The minimum absolute atomic E-state index is 0.213. The van der Waals surface area contributed by atoms with Crippen LogP contribution in [0.1, 0.15) is 22.8 Å². The largest absolute Gasteiger partial charge is 0.388 e. The van der Waals surface area contributed by atoms with Gasteiger partial charge >= 0.3 is 0 Å². The summed E-state index contributed by atoms with van der Waals surface area (Å²) in [5, 5.41) is 10.6. The third-order valence-electron chi connectivity index (χ3n) is 3.01. The van der Waals surface area contributed by atoms with Crippen molar-refractivity contribution < 1.29 is 9.50 Å². The zero-order valence-corrected chi connectivity index (χ0v) is 12.7. The number of aliphatic hydroxyl groups excluding tert-OH is 1. The lowest BCUT2D eigenvalue weighted by Gasteiger charge is -2.15. The molecule has 1 unspecified atom stereocenters. The summed E-state index contributed by atoms with van der Waals surface area (Å²) in [7, 11) is 0. The van der Waals surface area contributed by atoms with Gasteiger partial charge in [-0.2, -0.15) is 0 Å². The van der Waals surface area contributed by atoms with Crippen LogP contribution in [0.2, 0.25) is 5.02 Å². The molecule has 0 aliphatic carbocycles. The van der Waals surface area contributed by atoms with Gasteiger partial charge in [-0.05, 0) is 35.7 Å². The molecule has 2 aromatic rings. The second kappa shape index (κ2) is 6.04. The van der Waals surface area contributed by atoms with E-state index >= 15 is 0 Å². The SMILES string of the molecule is Cc1cccc(C(O)Cc2ccc(Cl)cc2F)c1Br. The zero-order chi connectivity index (χ0) is 14.0. The van der Waals surface area contributed by atoms with Gasteiger partial charge in [-0.1, -0.05) is 51.8 Å². The normalized spacial score (nSPS) is 12.5. The molecule has 1 nitrogen and oxygen atoms in total. The third-order valence-corrected chi connectivity index (χ3v) is 4.33. The van der Waals surface area contributed by atoms with Crippen LogP contribution in [0.15, 0.2) is 40.9 Å². The van der Waals surface area contributed by atoms with Crippen LogP contribution in [0.5, 0.6) is 0 Å². The van der Waals surface area contributed by atoms with E-state index in [2.05, 4.69) is 15.9 Å². The lowest BCUT2D eigenvalue weighted by atomic mass is 10.00. The molecule has 0 saturated heterocycles. The Hall–Kier alpha value is -0.900. The Balaban J connectivity index is 2.25. The van der Waals surface area contributed by atoms with E-state index in [1.807, 2.05) is 25.1 Å². The molecule has 4 heteroatoms.